The van der Waals surface area contributed by atoms with Crippen LogP contribution in [-0.2, 0) is 14.3 Å². The lowest BCUT2D eigenvalue weighted by Crippen LogP contribution is -2.48. The van der Waals surface area contributed by atoms with Gasteiger partial charge in [0, 0.05) is 6.42 Å². The van der Waals surface area contributed by atoms with Crippen LogP contribution >= 0.6 is 0 Å². The molecule has 0 saturated heterocycles. The first-order chi connectivity index (χ1) is 7.02. The fraction of sp³-hybridized carbons (Fsp3) is 0.800. The van der Waals surface area contributed by atoms with Crippen molar-refractivity contribution in [2.45, 2.75) is 45.8 Å². The molecule has 0 aliphatic rings. The number of nitrogens with one attached hydrogen (secondary N) is 1. The monoisotopic (exact) mass is 217 g/mol. The molecule has 88 valence electrons. The van der Waals surface area contributed by atoms with Gasteiger partial charge in [-0.15, -0.1) is 0 Å². The van der Waals surface area contributed by atoms with E-state index in [9.17, 15) is 14.7 Å². The molecular formula is C10H19NO4. The van der Waals surface area contributed by atoms with Crippen LogP contribution in [0.25, 0.3) is 0 Å². The van der Waals surface area contributed by atoms with Gasteiger partial charge < -0.3 is 15.2 Å². The van der Waals surface area contributed by atoms with Gasteiger partial charge in [-0.1, -0.05) is 6.92 Å². The minimum absolute atomic E-state index is 0.228. The third kappa shape index (κ3) is 5.37. The second-order valence-electron chi connectivity index (χ2n) is 3.29. The molecule has 0 aliphatic heterocycles. The number of carbonyl (C=O) groups is 2. The second kappa shape index (κ2) is 7.23. The fourth-order valence-corrected chi connectivity index (χ4v) is 1.08. The minimum atomic E-state index is -0.969. The molecule has 15 heavy (non-hydrogen) atoms. The molecule has 2 N–H and O–H groups in total. The molecular weight excluding hydrogens is 198 g/mol. The van der Waals surface area contributed by atoms with Crippen LogP contribution in [0.5, 0.6) is 0 Å². The molecule has 0 saturated carbocycles. The third-order valence-electron chi connectivity index (χ3n) is 1.82. The SMILES string of the molecule is CCCC(=O)NC(C(=O)OCC)C(C)O. The molecule has 0 aromatic heterocycles. The van der Waals surface area contributed by atoms with Crippen LogP contribution in [0.2, 0.25) is 0 Å². The van der Waals surface area contributed by atoms with Crippen molar-refractivity contribution in [1.29, 1.82) is 0 Å². The van der Waals surface area contributed by atoms with E-state index >= 15 is 0 Å². The smallest absolute Gasteiger partial charge is 0.331 e. The molecule has 0 bridgehead atoms. The van der Waals surface area contributed by atoms with E-state index in [0.717, 1.165) is 0 Å². The minimum Gasteiger partial charge on any atom is -0.464 e. The Morgan fingerprint density at radius 3 is 2.40 bits per heavy atom. The van der Waals surface area contributed by atoms with E-state index in [-0.39, 0.29) is 12.5 Å². The van der Waals surface area contributed by atoms with E-state index in [0.29, 0.717) is 12.8 Å². The largest absolute Gasteiger partial charge is 0.464 e. The molecule has 1 amide bonds. The number of hydrogen-bond acceptors (Lipinski definition) is 4. The number of aliphatic hydroxyl groups excluding tert-OH is 1. The molecule has 2 unspecified atom stereocenters. The third-order valence-corrected chi connectivity index (χ3v) is 1.82. The summed E-state index contributed by atoms with van der Waals surface area (Å²) < 4.78 is 4.73. The zero-order valence-electron chi connectivity index (χ0n) is 9.45. The molecule has 0 aromatic carbocycles. The Morgan fingerprint density at radius 2 is 2.00 bits per heavy atom. The van der Waals surface area contributed by atoms with Crippen molar-refractivity contribution in [2.75, 3.05) is 6.61 Å². The number of hydrogen-bond donors (Lipinski definition) is 2. The van der Waals surface area contributed by atoms with E-state index in [2.05, 4.69) is 5.32 Å². The summed E-state index contributed by atoms with van der Waals surface area (Å²) >= 11 is 0. The first-order valence-electron chi connectivity index (χ1n) is 5.17. The molecule has 0 fully saturated rings. The van der Waals surface area contributed by atoms with E-state index in [4.69, 9.17) is 4.74 Å². The predicted octanol–water partition coefficient (Wildman–Crippen LogP) is 0.215. The first kappa shape index (κ1) is 13.9. The summed E-state index contributed by atoms with van der Waals surface area (Å²) in [4.78, 5) is 22.6. The van der Waals surface area contributed by atoms with Gasteiger partial charge in [-0.05, 0) is 20.3 Å². The standard InChI is InChI=1S/C10H19NO4/c1-4-6-8(13)11-9(7(3)12)10(14)15-5-2/h7,9,12H,4-6H2,1-3H3,(H,11,13). The molecule has 0 radical (unpaired) electrons. The van der Waals surface area contributed by atoms with Crippen molar-refractivity contribution in [2.24, 2.45) is 0 Å². The highest BCUT2D eigenvalue weighted by Gasteiger charge is 2.26. The normalized spacial score (nSPS) is 14.1. The van der Waals surface area contributed by atoms with Crippen LogP contribution in [0.4, 0.5) is 0 Å². The maximum absolute atomic E-state index is 11.3. The number of rotatable bonds is 6. The van der Waals surface area contributed by atoms with Gasteiger partial charge in [-0.2, -0.15) is 0 Å². The maximum atomic E-state index is 11.3. The number of ether oxygens (including phenoxy) is 1. The predicted molar refractivity (Wildman–Crippen MR) is 55.2 cm³/mol. The molecule has 2 atom stereocenters. The number of esters is 1. The van der Waals surface area contributed by atoms with Crippen molar-refractivity contribution in [3.63, 3.8) is 0 Å². The van der Waals surface area contributed by atoms with Crippen molar-refractivity contribution in [3.05, 3.63) is 0 Å². The van der Waals surface area contributed by atoms with Gasteiger partial charge in [-0.25, -0.2) is 4.79 Å². The van der Waals surface area contributed by atoms with Crippen molar-refractivity contribution >= 4 is 11.9 Å². The second-order valence-corrected chi connectivity index (χ2v) is 3.29. The Balaban J connectivity index is 4.27. The van der Waals surface area contributed by atoms with Crippen molar-refractivity contribution in [3.8, 4) is 0 Å². The van der Waals surface area contributed by atoms with Gasteiger partial charge in [0.15, 0.2) is 6.04 Å². The van der Waals surface area contributed by atoms with Gasteiger partial charge in [0.25, 0.3) is 0 Å². The van der Waals surface area contributed by atoms with Gasteiger partial charge in [0.1, 0.15) is 0 Å². The van der Waals surface area contributed by atoms with Gasteiger partial charge in [0.05, 0.1) is 12.7 Å². The maximum Gasteiger partial charge on any atom is 0.331 e. The highest BCUT2D eigenvalue weighted by atomic mass is 16.5. The van der Waals surface area contributed by atoms with E-state index in [1.165, 1.54) is 6.92 Å². The molecule has 5 nitrogen and oxygen atoms in total. The van der Waals surface area contributed by atoms with Crippen LogP contribution in [0.15, 0.2) is 0 Å². The first-order valence-corrected chi connectivity index (χ1v) is 5.17. The highest BCUT2D eigenvalue weighted by molar-refractivity contribution is 5.84. The summed E-state index contributed by atoms with van der Waals surface area (Å²) in [6.45, 7) is 5.20. The topological polar surface area (TPSA) is 75.6 Å². The quantitative estimate of drug-likeness (QED) is 0.624. The average molecular weight is 217 g/mol. The van der Waals surface area contributed by atoms with Crippen LogP contribution < -0.4 is 5.32 Å². The fourth-order valence-electron chi connectivity index (χ4n) is 1.08. The van der Waals surface area contributed by atoms with Crippen LogP contribution in [0, 0.1) is 0 Å². The summed E-state index contributed by atoms with van der Waals surface area (Å²) in [5, 5.41) is 11.7. The zero-order chi connectivity index (χ0) is 11.8. The summed E-state index contributed by atoms with van der Waals surface area (Å²) in [6, 6.07) is -0.969. The molecule has 0 heterocycles. The number of amides is 1. The number of carbonyl (C=O) groups excluding carboxylic acids is 2. The lowest BCUT2D eigenvalue weighted by molar-refractivity contribution is -0.150. The summed E-state index contributed by atoms with van der Waals surface area (Å²) in [7, 11) is 0. The highest BCUT2D eigenvalue weighted by Crippen LogP contribution is 1.98. The summed E-state index contributed by atoms with van der Waals surface area (Å²) in [5.74, 6) is -0.853. The molecule has 5 heteroatoms. The van der Waals surface area contributed by atoms with Crippen molar-refractivity contribution in [1.82, 2.24) is 5.32 Å². The van der Waals surface area contributed by atoms with E-state index in [1.807, 2.05) is 6.92 Å². The molecule has 0 aromatic rings. The average Bonchev–Trinajstić information content (AvgIpc) is 2.14. The van der Waals surface area contributed by atoms with Gasteiger partial charge in [-0.3, -0.25) is 4.79 Å². The van der Waals surface area contributed by atoms with E-state index < -0.39 is 18.1 Å². The number of aliphatic hydroxyl groups is 1. The van der Waals surface area contributed by atoms with Crippen LogP contribution in [0.1, 0.15) is 33.6 Å². The molecule has 0 rings (SSSR count). The van der Waals surface area contributed by atoms with E-state index in [1.54, 1.807) is 6.92 Å². The Morgan fingerprint density at radius 1 is 1.40 bits per heavy atom. The lowest BCUT2D eigenvalue weighted by atomic mass is 10.1. The zero-order valence-corrected chi connectivity index (χ0v) is 9.45. The summed E-state index contributed by atoms with van der Waals surface area (Å²) in [5.41, 5.74) is 0. The molecule has 0 aliphatic carbocycles. The summed E-state index contributed by atoms with van der Waals surface area (Å²) in [6.07, 6.45) is 0.0777. The van der Waals surface area contributed by atoms with Crippen molar-refractivity contribution < 1.29 is 19.4 Å². The Hall–Kier alpha value is -1.10. The Labute approximate surface area is 89.8 Å². The van der Waals surface area contributed by atoms with Gasteiger partial charge >= 0.3 is 5.97 Å². The van der Waals surface area contributed by atoms with Crippen LogP contribution in [-0.4, -0.2) is 35.7 Å². The Bertz CT molecular complexity index is 215. The van der Waals surface area contributed by atoms with Gasteiger partial charge in [0.2, 0.25) is 5.91 Å². The van der Waals surface area contributed by atoms with Crippen LogP contribution in [0.3, 0.4) is 0 Å². The molecule has 0 spiro atoms. The lowest BCUT2D eigenvalue weighted by Gasteiger charge is -2.19. The Kier molecular flexibility index (Phi) is 6.70.